The average molecular weight is 292 g/mol. The highest BCUT2D eigenvalue weighted by molar-refractivity contribution is 5.84. The zero-order valence-electron chi connectivity index (χ0n) is 12.2. The Morgan fingerprint density at radius 2 is 2.24 bits per heavy atom. The van der Waals surface area contributed by atoms with Crippen molar-refractivity contribution in [1.29, 1.82) is 0 Å². The van der Waals surface area contributed by atoms with Crippen LogP contribution in [0.5, 0.6) is 0 Å². The van der Waals surface area contributed by atoms with E-state index in [0.29, 0.717) is 12.1 Å². The summed E-state index contributed by atoms with van der Waals surface area (Å²) in [5, 5.41) is 3.18. The van der Waals surface area contributed by atoms with Gasteiger partial charge in [0.15, 0.2) is 0 Å². The summed E-state index contributed by atoms with van der Waals surface area (Å²) in [6.07, 6.45) is 2.80. The second-order valence-corrected chi connectivity index (χ2v) is 5.77. The Labute approximate surface area is 124 Å². The number of halogens is 1. The molecule has 4 nitrogen and oxygen atoms in total. The standard InChI is InChI=1S/C16H21FN2O2/c1-11-16(20)19(9-8-12-5-4-10-21-12)15(18-11)13-6-2-3-7-14(13)17/h2-3,6-7,11-12,15,18H,4-5,8-10H2,1H3. The summed E-state index contributed by atoms with van der Waals surface area (Å²) in [5.74, 6) is -0.250. The molecule has 5 heteroatoms. The van der Waals surface area contributed by atoms with E-state index in [1.807, 2.05) is 6.92 Å². The molecule has 0 bridgehead atoms. The third kappa shape index (κ3) is 2.94. The minimum absolute atomic E-state index is 0.0289. The van der Waals surface area contributed by atoms with Gasteiger partial charge in [0.1, 0.15) is 12.0 Å². The maximum Gasteiger partial charge on any atom is 0.241 e. The normalized spacial score (nSPS) is 29.3. The van der Waals surface area contributed by atoms with E-state index in [1.54, 1.807) is 23.1 Å². The quantitative estimate of drug-likeness (QED) is 0.925. The van der Waals surface area contributed by atoms with Crippen LogP contribution < -0.4 is 5.32 Å². The Kier molecular flexibility index (Phi) is 4.22. The number of nitrogens with zero attached hydrogens (tertiary/aromatic N) is 1. The first-order valence-corrected chi connectivity index (χ1v) is 7.59. The number of nitrogens with one attached hydrogen (secondary N) is 1. The number of amides is 1. The lowest BCUT2D eigenvalue weighted by molar-refractivity contribution is -0.130. The van der Waals surface area contributed by atoms with Crippen LogP contribution in [0, 0.1) is 5.82 Å². The number of rotatable bonds is 4. The van der Waals surface area contributed by atoms with Crippen LogP contribution in [0.15, 0.2) is 24.3 Å². The molecule has 2 aliphatic heterocycles. The van der Waals surface area contributed by atoms with Crippen molar-refractivity contribution in [3.05, 3.63) is 35.6 Å². The summed E-state index contributed by atoms with van der Waals surface area (Å²) in [5.41, 5.74) is 0.530. The summed E-state index contributed by atoms with van der Waals surface area (Å²) in [6, 6.07) is 6.35. The molecule has 1 amide bonds. The zero-order chi connectivity index (χ0) is 14.8. The fourth-order valence-electron chi connectivity index (χ4n) is 3.12. The fourth-order valence-corrected chi connectivity index (χ4v) is 3.12. The van der Waals surface area contributed by atoms with Gasteiger partial charge in [-0.2, -0.15) is 0 Å². The van der Waals surface area contributed by atoms with Gasteiger partial charge < -0.3 is 9.64 Å². The molecule has 3 unspecified atom stereocenters. The lowest BCUT2D eigenvalue weighted by Crippen LogP contribution is -2.33. The second kappa shape index (κ2) is 6.12. The van der Waals surface area contributed by atoms with E-state index < -0.39 is 0 Å². The molecule has 1 aromatic carbocycles. The van der Waals surface area contributed by atoms with Crippen LogP contribution in [-0.4, -0.2) is 36.1 Å². The summed E-state index contributed by atoms with van der Waals surface area (Å²) in [7, 11) is 0. The van der Waals surface area contributed by atoms with Crippen molar-refractivity contribution in [2.75, 3.05) is 13.2 Å². The molecule has 2 heterocycles. The lowest BCUT2D eigenvalue weighted by atomic mass is 10.1. The highest BCUT2D eigenvalue weighted by atomic mass is 19.1. The van der Waals surface area contributed by atoms with Crippen molar-refractivity contribution in [3.63, 3.8) is 0 Å². The van der Waals surface area contributed by atoms with Crippen LogP contribution in [0.4, 0.5) is 4.39 Å². The van der Waals surface area contributed by atoms with Crippen LogP contribution in [0.1, 0.15) is 37.9 Å². The molecule has 0 aromatic heterocycles. The van der Waals surface area contributed by atoms with Crippen LogP contribution in [0.3, 0.4) is 0 Å². The third-order valence-electron chi connectivity index (χ3n) is 4.29. The molecule has 0 aliphatic carbocycles. The molecule has 21 heavy (non-hydrogen) atoms. The molecule has 3 rings (SSSR count). The van der Waals surface area contributed by atoms with Crippen LogP contribution in [0.25, 0.3) is 0 Å². The predicted molar refractivity (Wildman–Crippen MR) is 77.0 cm³/mol. The average Bonchev–Trinajstić information content (AvgIpc) is 3.08. The number of carbonyl (C=O) groups is 1. The van der Waals surface area contributed by atoms with E-state index in [9.17, 15) is 9.18 Å². The van der Waals surface area contributed by atoms with Crippen molar-refractivity contribution in [2.45, 2.75) is 44.5 Å². The SMILES string of the molecule is CC1NC(c2ccccc2F)N(CCC2CCCO2)C1=O. The number of carbonyl (C=O) groups excluding carboxylic acids is 1. The van der Waals surface area contributed by atoms with E-state index in [1.165, 1.54) is 6.07 Å². The van der Waals surface area contributed by atoms with Crippen molar-refractivity contribution < 1.29 is 13.9 Å². The van der Waals surface area contributed by atoms with E-state index >= 15 is 0 Å². The van der Waals surface area contributed by atoms with Gasteiger partial charge in [-0.1, -0.05) is 18.2 Å². The number of hydrogen-bond acceptors (Lipinski definition) is 3. The van der Waals surface area contributed by atoms with Gasteiger partial charge in [-0.05, 0) is 32.3 Å². The highest BCUT2D eigenvalue weighted by Crippen LogP contribution is 2.28. The first-order chi connectivity index (χ1) is 10.2. The predicted octanol–water partition coefficient (Wildman–Crippen LogP) is 2.21. The fraction of sp³-hybridized carbons (Fsp3) is 0.562. The van der Waals surface area contributed by atoms with Gasteiger partial charge in [0.2, 0.25) is 5.91 Å². The first-order valence-electron chi connectivity index (χ1n) is 7.59. The third-order valence-corrected chi connectivity index (χ3v) is 4.29. The molecule has 114 valence electrons. The van der Waals surface area contributed by atoms with Gasteiger partial charge in [0, 0.05) is 18.7 Å². The van der Waals surface area contributed by atoms with Gasteiger partial charge in [-0.3, -0.25) is 10.1 Å². The first kappa shape index (κ1) is 14.5. The summed E-state index contributed by atoms with van der Waals surface area (Å²) < 4.78 is 19.6. The van der Waals surface area contributed by atoms with Crippen LogP contribution in [-0.2, 0) is 9.53 Å². The summed E-state index contributed by atoms with van der Waals surface area (Å²) >= 11 is 0. The molecular weight excluding hydrogens is 271 g/mol. The number of ether oxygens (including phenoxy) is 1. The van der Waals surface area contributed by atoms with E-state index in [-0.39, 0.29) is 30.0 Å². The molecule has 0 spiro atoms. The minimum atomic E-state index is -0.380. The number of hydrogen-bond donors (Lipinski definition) is 1. The molecule has 2 saturated heterocycles. The Bertz CT molecular complexity index is 517. The molecule has 2 fully saturated rings. The van der Waals surface area contributed by atoms with Crippen molar-refractivity contribution in [3.8, 4) is 0 Å². The molecular formula is C16H21FN2O2. The summed E-state index contributed by atoms with van der Waals surface area (Å²) in [4.78, 5) is 14.0. The Morgan fingerprint density at radius 3 is 2.95 bits per heavy atom. The molecule has 0 saturated carbocycles. The van der Waals surface area contributed by atoms with E-state index in [0.717, 1.165) is 25.9 Å². The van der Waals surface area contributed by atoms with Crippen molar-refractivity contribution in [1.82, 2.24) is 10.2 Å². The Morgan fingerprint density at radius 1 is 1.43 bits per heavy atom. The van der Waals surface area contributed by atoms with Gasteiger partial charge in [-0.25, -0.2) is 4.39 Å². The molecule has 1 N–H and O–H groups in total. The van der Waals surface area contributed by atoms with Gasteiger partial charge in [-0.15, -0.1) is 0 Å². The minimum Gasteiger partial charge on any atom is -0.378 e. The van der Waals surface area contributed by atoms with E-state index in [2.05, 4.69) is 5.32 Å². The van der Waals surface area contributed by atoms with Crippen LogP contribution >= 0.6 is 0 Å². The number of benzene rings is 1. The lowest BCUT2D eigenvalue weighted by Gasteiger charge is -2.26. The molecule has 0 radical (unpaired) electrons. The zero-order valence-corrected chi connectivity index (χ0v) is 12.2. The topological polar surface area (TPSA) is 41.6 Å². The highest BCUT2D eigenvalue weighted by Gasteiger charge is 2.38. The maximum atomic E-state index is 14.0. The molecule has 2 aliphatic rings. The largest absolute Gasteiger partial charge is 0.378 e. The van der Waals surface area contributed by atoms with Gasteiger partial charge >= 0.3 is 0 Å². The smallest absolute Gasteiger partial charge is 0.241 e. The van der Waals surface area contributed by atoms with Gasteiger partial charge in [0.25, 0.3) is 0 Å². The molecule has 1 aromatic rings. The van der Waals surface area contributed by atoms with Crippen LogP contribution in [0.2, 0.25) is 0 Å². The second-order valence-electron chi connectivity index (χ2n) is 5.77. The van der Waals surface area contributed by atoms with Crippen molar-refractivity contribution >= 4 is 5.91 Å². The van der Waals surface area contributed by atoms with Gasteiger partial charge in [0.05, 0.1) is 12.1 Å². The summed E-state index contributed by atoms with van der Waals surface area (Å²) in [6.45, 7) is 3.23. The Hall–Kier alpha value is -1.46. The molecule has 3 atom stereocenters. The monoisotopic (exact) mass is 292 g/mol. The Balaban J connectivity index is 1.74. The van der Waals surface area contributed by atoms with E-state index in [4.69, 9.17) is 4.74 Å². The maximum absolute atomic E-state index is 14.0. The van der Waals surface area contributed by atoms with Crippen molar-refractivity contribution in [2.24, 2.45) is 0 Å².